The third-order valence-electron chi connectivity index (χ3n) is 4.00. The fourth-order valence-electron chi connectivity index (χ4n) is 2.94. The van der Waals surface area contributed by atoms with E-state index in [2.05, 4.69) is 39.0 Å². The van der Waals surface area contributed by atoms with Crippen LogP contribution in [0.5, 0.6) is 0 Å². The van der Waals surface area contributed by atoms with Crippen LogP contribution in [0.1, 0.15) is 30.5 Å². The molecule has 0 aromatic heterocycles. The van der Waals surface area contributed by atoms with E-state index in [1.807, 2.05) is 12.1 Å². The van der Waals surface area contributed by atoms with E-state index in [4.69, 9.17) is 0 Å². The van der Waals surface area contributed by atoms with Gasteiger partial charge in [-0.1, -0.05) is 43.7 Å². The summed E-state index contributed by atoms with van der Waals surface area (Å²) in [6.07, 6.45) is 0. The maximum atomic E-state index is 11.2. The molecule has 2 aromatic carbocycles. The number of hydrogen-bond acceptors (Lipinski definition) is 1. The second-order valence-electron chi connectivity index (χ2n) is 5.63. The zero-order valence-electron chi connectivity index (χ0n) is 11.2. The Hall–Kier alpha value is -1.45. The first kappa shape index (κ1) is 12.6. The lowest BCUT2D eigenvalue weighted by Crippen LogP contribution is -2.15. The second-order valence-corrected chi connectivity index (χ2v) is 6.60. The predicted octanol–water partition coefficient (Wildman–Crippen LogP) is 3.88. The van der Waals surface area contributed by atoms with E-state index in [-0.39, 0.29) is 5.41 Å². The molecule has 2 aromatic rings. The zero-order valence-corrected chi connectivity index (χ0v) is 12.0. The minimum atomic E-state index is -1.92. The number of benzene rings is 2. The van der Waals surface area contributed by atoms with Gasteiger partial charge in [-0.25, -0.2) is 4.21 Å². The van der Waals surface area contributed by atoms with Crippen LogP contribution in [-0.4, -0.2) is 8.76 Å². The van der Waals surface area contributed by atoms with E-state index in [9.17, 15) is 8.76 Å². The normalized spacial score (nSPS) is 16.8. The molecule has 3 heteroatoms. The van der Waals surface area contributed by atoms with Gasteiger partial charge < -0.3 is 4.55 Å². The van der Waals surface area contributed by atoms with E-state index in [0.717, 1.165) is 5.56 Å². The van der Waals surface area contributed by atoms with Crippen LogP contribution in [0, 0.1) is 6.92 Å². The van der Waals surface area contributed by atoms with Crippen molar-refractivity contribution in [2.45, 2.75) is 31.1 Å². The van der Waals surface area contributed by atoms with Gasteiger partial charge in [-0.15, -0.1) is 0 Å². The Morgan fingerprint density at radius 2 is 1.58 bits per heavy atom. The molecule has 98 valence electrons. The summed E-state index contributed by atoms with van der Waals surface area (Å²) in [5.41, 5.74) is 5.96. The third-order valence-corrected chi connectivity index (χ3v) is 4.66. The van der Waals surface area contributed by atoms with Crippen molar-refractivity contribution >= 4 is 11.1 Å². The number of hydrogen-bond donors (Lipinski definition) is 1. The Morgan fingerprint density at radius 1 is 1.00 bits per heavy atom. The summed E-state index contributed by atoms with van der Waals surface area (Å²) in [5.74, 6) is 0. The van der Waals surface area contributed by atoms with Gasteiger partial charge in [0.2, 0.25) is 0 Å². The van der Waals surface area contributed by atoms with Crippen LogP contribution in [0.3, 0.4) is 0 Å². The molecule has 19 heavy (non-hydrogen) atoms. The van der Waals surface area contributed by atoms with Gasteiger partial charge in [-0.05, 0) is 41.3 Å². The maximum Gasteiger partial charge on any atom is 0.186 e. The van der Waals surface area contributed by atoms with Crippen LogP contribution in [0.2, 0.25) is 0 Å². The van der Waals surface area contributed by atoms with Crippen LogP contribution in [0.15, 0.2) is 41.3 Å². The zero-order chi connectivity index (χ0) is 13.8. The monoisotopic (exact) mass is 272 g/mol. The molecule has 1 N–H and O–H groups in total. The van der Waals surface area contributed by atoms with E-state index < -0.39 is 11.1 Å². The molecule has 0 saturated carbocycles. The molecule has 0 spiro atoms. The highest BCUT2D eigenvalue weighted by atomic mass is 32.2. The van der Waals surface area contributed by atoms with Crippen molar-refractivity contribution in [3.05, 3.63) is 53.1 Å². The van der Waals surface area contributed by atoms with E-state index >= 15 is 0 Å². The third kappa shape index (κ3) is 1.77. The fraction of sp³-hybridized carbons (Fsp3) is 0.250. The molecule has 1 aliphatic carbocycles. The van der Waals surface area contributed by atoms with E-state index in [0.29, 0.717) is 4.90 Å². The summed E-state index contributed by atoms with van der Waals surface area (Å²) in [6.45, 7) is 6.43. The molecule has 1 atom stereocenters. The van der Waals surface area contributed by atoms with Crippen LogP contribution in [0.4, 0.5) is 0 Å². The standard InChI is InChI=1S/C16H16O2S/c1-10-4-6-12-13-7-5-11(19(17)18)9-15(13)16(2,3)14(12)8-10/h4-9H,1-3H3,(H,17,18). The summed E-state index contributed by atoms with van der Waals surface area (Å²) in [7, 11) is 0. The smallest absolute Gasteiger partial charge is 0.186 e. The average molecular weight is 272 g/mol. The van der Waals surface area contributed by atoms with Gasteiger partial charge in [0.1, 0.15) is 0 Å². The average Bonchev–Trinajstić information content (AvgIpc) is 2.58. The molecule has 0 heterocycles. The topological polar surface area (TPSA) is 37.3 Å². The number of fused-ring (bicyclic) bond motifs is 3. The van der Waals surface area contributed by atoms with Gasteiger partial charge >= 0.3 is 0 Å². The Kier molecular flexibility index (Phi) is 2.66. The largest absolute Gasteiger partial charge is 0.302 e. The molecule has 0 saturated heterocycles. The van der Waals surface area contributed by atoms with Gasteiger partial charge in [-0.2, -0.15) is 0 Å². The van der Waals surface area contributed by atoms with Crippen molar-refractivity contribution in [3.63, 3.8) is 0 Å². The molecule has 3 rings (SSSR count). The predicted molar refractivity (Wildman–Crippen MR) is 77.8 cm³/mol. The first-order chi connectivity index (χ1) is 8.91. The molecule has 0 aliphatic heterocycles. The second kappa shape index (κ2) is 4.02. The molecular formula is C16H16O2S. The van der Waals surface area contributed by atoms with Crippen molar-refractivity contribution in [1.82, 2.24) is 0 Å². The van der Waals surface area contributed by atoms with E-state index in [1.54, 1.807) is 6.07 Å². The first-order valence-corrected chi connectivity index (χ1v) is 7.39. The van der Waals surface area contributed by atoms with Crippen molar-refractivity contribution in [2.75, 3.05) is 0 Å². The van der Waals surface area contributed by atoms with Gasteiger partial charge in [0.15, 0.2) is 11.1 Å². The van der Waals surface area contributed by atoms with Gasteiger partial charge in [0, 0.05) is 5.41 Å². The molecule has 1 unspecified atom stereocenters. The minimum absolute atomic E-state index is 0.119. The lowest BCUT2D eigenvalue weighted by molar-refractivity contribution is 0.564. The summed E-state index contributed by atoms with van der Waals surface area (Å²) in [4.78, 5) is 0.469. The lowest BCUT2D eigenvalue weighted by atomic mass is 9.82. The van der Waals surface area contributed by atoms with E-state index in [1.165, 1.54) is 22.3 Å². The highest BCUT2D eigenvalue weighted by molar-refractivity contribution is 7.79. The first-order valence-electron chi connectivity index (χ1n) is 6.28. The van der Waals surface area contributed by atoms with Crippen LogP contribution in [-0.2, 0) is 16.5 Å². The van der Waals surface area contributed by atoms with Crippen molar-refractivity contribution in [1.29, 1.82) is 0 Å². The molecule has 0 amide bonds. The summed E-state index contributed by atoms with van der Waals surface area (Å²) < 4.78 is 20.5. The molecule has 0 fully saturated rings. The Labute approximate surface area is 115 Å². The Balaban J connectivity index is 2.30. The summed E-state index contributed by atoms with van der Waals surface area (Å²) >= 11 is -1.92. The maximum absolute atomic E-state index is 11.2. The molecule has 1 aliphatic rings. The quantitative estimate of drug-likeness (QED) is 0.800. The highest BCUT2D eigenvalue weighted by Gasteiger charge is 2.35. The number of aryl methyl sites for hydroxylation is 1. The van der Waals surface area contributed by atoms with Gasteiger partial charge in [0.05, 0.1) is 4.90 Å². The minimum Gasteiger partial charge on any atom is -0.302 e. The fourth-order valence-corrected chi connectivity index (χ4v) is 3.34. The summed E-state index contributed by atoms with van der Waals surface area (Å²) in [6, 6.07) is 12.0. The molecular weight excluding hydrogens is 256 g/mol. The van der Waals surface area contributed by atoms with Crippen molar-refractivity contribution < 1.29 is 8.76 Å². The van der Waals surface area contributed by atoms with Gasteiger partial charge in [0.25, 0.3) is 0 Å². The molecule has 2 nitrogen and oxygen atoms in total. The van der Waals surface area contributed by atoms with Crippen LogP contribution in [0.25, 0.3) is 11.1 Å². The Bertz CT molecular complexity index is 702. The molecule has 0 bridgehead atoms. The highest BCUT2D eigenvalue weighted by Crippen LogP contribution is 2.49. The Morgan fingerprint density at radius 3 is 2.21 bits per heavy atom. The number of rotatable bonds is 1. The van der Waals surface area contributed by atoms with Crippen molar-refractivity contribution in [3.8, 4) is 11.1 Å². The summed E-state index contributed by atoms with van der Waals surface area (Å²) in [5, 5.41) is 0. The van der Waals surface area contributed by atoms with Crippen LogP contribution < -0.4 is 0 Å². The molecule has 0 radical (unpaired) electrons. The van der Waals surface area contributed by atoms with Crippen molar-refractivity contribution in [2.24, 2.45) is 0 Å². The van der Waals surface area contributed by atoms with Gasteiger partial charge in [-0.3, -0.25) is 0 Å². The van der Waals surface area contributed by atoms with Crippen LogP contribution >= 0.6 is 0 Å². The SMILES string of the molecule is Cc1ccc2c(c1)C(C)(C)c1cc(S(=O)O)ccc1-2. The lowest BCUT2D eigenvalue weighted by Gasteiger charge is -2.22.